The summed E-state index contributed by atoms with van der Waals surface area (Å²) >= 11 is 0. The van der Waals surface area contributed by atoms with Crippen molar-refractivity contribution in [3.05, 3.63) is 29.1 Å². The fraction of sp³-hybridized carbons (Fsp3) is 0.364. The Kier molecular flexibility index (Phi) is 3.84. The lowest BCUT2D eigenvalue weighted by Crippen LogP contribution is -2.16. The molecule has 16 heavy (non-hydrogen) atoms. The zero-order valence-corrected chi connectivity index (χ0v) is 9.16. The maximum atomic E-state index is 13.2. The molecule has 0 bridgehead atoms. The maximum Gasteiger partial charge on any atom is 0.305 e. The molecule has 0 aromatic heterocycles. The molecule has 1 rings (SSSR count). The molecule has 0 aliphatic carbocycles. The Balaban J connectivity index is 3.12. The van der Waals surface area contributed by atoms with Gasteiger partial charge in [0.25, 0.3) is 0 Å². The summed E-state index contributed by atoms with van der Waals surface area (Å²) in [6.07, 6.45) is -0.243. The van der Waals surface area contributed by atoms with Gasteiger partial charge in [0, 0.05) is 12.1 Å². The van der Waals surface area contributed by atoms with Gasteiger partial charge in [-0.25, -0.2) is 4.39 Å². The van der Waals surface area contributed by atoms with E-state index >= 15 is 0 Å². The fourth-order valence-corrected chi connectivity index (χ4v) is 1.57. The quantitative estimate of drug-likeness (QED) is 0.819. The molecular formula is C11H14FNO3. The first-order valence-corrected chi connectivity index (χ1v) is 4.77. The van der Waals surface area contributed by atoms with Crippen LogP contribution >= 0.6 is 0 Å². The number of nitrogens with two attached hydrogens (primary N) is 1. The number of rotatable bonds is 4. The largest absolute Gasteiger partial charge is 0.496 e. The van der Waals surface area contributed by atoms with E-state index < -0.39 is 17.8 Å². The number of carboxylic acid groups (broad SMARTS) is 1. The van der Waals surface area contributed by atoms with Crippen LogP contribution in [0.25, 0.3) is 0 Å². The Bertz CT molecular complexity index is 406. The molecule has 1 unspecified atom stereocenters. The molecule has 88 valence electrons. The molecule has 0 heterocycles. The van der Waals surface area contributed by atoms with Crippen LogP contribution in [0.15, 0.2) is 12.1 Å². The van der Waals surface area contributed by atoms with Crippen LogP contribution in [0.2, 0.25) is 0 Å². The van der Waals surface area contributed by atoms with Crippen LogP contribution in [-0.4, -0.2) is 18.2 Å². The molecular weight excluding hydrogens is 213 g/mol. The standard InChI is InChI=1S/C11H14FNO3/c1-6-8(9(13)5-11(14)15)3-7(12)4-10(6)16-2/h3-4,9H,5,13H2,1-2H3,(H,14,15). The number of ether oxygens (including phenoxy) is 1. The van der Waals surface area contributed by atoms with Crippen LogP contribution in [0, 0.1) is 12.7 Å². The summed E-state index contributed by atoms with van der Waals surface area (Å²) in [6.45, 7) is 1.72. The molecule has 0 aliphatic rings. The molecule has 3 N–H and O–H groups in total. The third-order valence-electron chi connectivity index (χ3n) is 2.38. The van der Waals surface area contributed by atoms with E-state index in [9.17, 15) is 9.18 Å². The number of methoxy groups -OCH3 is 1. The van der Waals surface area contributed by atoms with Gasteiger partial charge in [0.1, 0.15) is 11.6 Å². The molecule has 0 spiro atoms. The topological polar surface area (TPSA) is 72.5 Å². The van der Waals surface area contributed by atoms with Gasteiger partial charge in [0.05, 0.1) is 13.5 Å². The third-order valence-corrected chi connectivity index (χ3v) is 2.38. The molecule has 0 fully saturated rings. The number of aliphatic carboxylic acids is 1. The van der Waals surface area contributed by atoms with Gasteiger partial charge in [-0.05, 0) is 24.1 Å². The highest BCUT2D eigenvalue weighted by atomic mass is 19.1. The van der Waals surface area contributed by atoms with Crippen molar-refractivity contribution in [2.45, 2.75) is 19.4 Å². The molecule has 0 radical (unpaired) electrons. The second kappa shape index (κ2) is 4.94. The first kappa shape index (κ1) is 12.4. The number of carbonyl (C=O) groups is 1. The Morgan fingerprint density at radius 2 is 2.25 bits per heavy atom. The van der Waals surface area contributed by atoms with Crippen LogP contribution in [0.3, 0.4) is 0 Å². The zero-order chi connectivity index (χ0) is 12.3. The first-order valence-electron chi connectivity index (χ1n) is 4.77. The number of benzene rings is 1. The second-order valence-electron chi connectivity index (χ2n) is 3.53. The number of halogens is 1. The lowest BCUT2D eigenvalue weighted by atomic mass is 9.98. The van der Waals surface area contributed by atoms with Crippen molar-refractivity contribution in [1.82, 2.24) is 0 Å². The van der Waals surface area contributed by atoms with E-state index in [1.807, 2.05) is 0 Å². The van der Waals surface area contributed by atoms with E-state index in [2.05, 4.69) is 0 Å². The predicted molar refractivity (Wildman–Crippen MR) is 56.9 cm³/mol. The average Bonchev–Trinajstić information content (AvgIpc) is 2.19. The van der Waals surface area contributed by atoms with Gasteiger partial charge in [-0.1, -0.05) is 0 Å². The molecule has 0 saturated heterocycles. The molecule has 0 amide bonds. The van der Waals surface area contributed by atoms with E-state index in [0.717, 1.165) is 0 Å². The van der Waals surface area contributed by atoms with Crippen LogP contribution in [0.4, 0.5) is 4.39 Å². The lowest BCUT2D eigenvalue weighted by Gasteiger charge is -2.15. The van der Waals surface area contributed by atoms with E-state index in [1.165, 1.54) is 19.2 Å². The fourth-order valence-electron chi connectivity index (χ4n) is 1.57. The van der Waals surface area contributed by atoms with Crippen LogP contribution < -0.4 is 10.5 Å². The van der Waals surface area contributed by atoms with Crippen LogP contribution in [0.5, 0.6) is 5.75 Å². The van der Waals surface area contributed by atoms with Crippen molar-refractivity contribution in [2.75, 3.05) is 7.11 Å². The van der Waals surface area contributed by atoms with Gasteiger partial charge in [-0.15, -0.1) is 0 Å². The van der Waals surface area contributed by atoms with Gasteiger partial charge in [-0.2, -0.15) is 0 Å². The molecule has 1 atom stereocenters. The van der Waals surface area contributed by atoms with Gasteiger partial charge in [0.15, 0.2) is 0 Å². The van der Waals surface area contributed by atoms with Crippen LogP contribution in [0.1, 0.15) is 23.6 Å². The SMILES string of the molecule is COc1cc(F)cc(C(N)CC(=O)O)c1C. The summed E-state index contributed by atoms with van der Waals surface area (Å²) in [4.78, 5) is 10.5. The molecule has 1 aromatic rings. The Hall–Kier alpha value is -1.62. The molecule has 0 aliphatic heterocycles. The minimum atomic E-state index is -1.02. The highest BCUT2D eigenvalue weighted by Gasteiger charge is 2.16. The van der Waals surface area contributed by atoms with Gasteiger partial charge in [0.2, 0.25) is 0 Å². The lowest BCUT2D eigenvalue weighted by molar-refractivity contribution is -0.137. The molecule has 4 nitrogen and oxygen atoms in total. The van der Waals surface area contributed by atoms with Crippen molar-refractivity contribution in [2.24, 2.45) is 5.73 Å². The number of carboxylic acids is 1. The summed E-state index contributed by atoms with van der Waals surface area (Å²) in [6, 6.07) is 1.75. The van der Waals surface area contributed by atoms with Gasteiger partial charge in [-0.3, -0.25) is 4.79 Å². The number of hydrogen-bond acceptors (Lipinski definition) is 3. The third kappa shape index (κ3) is 2.70. The molecule has 0 saturated carbocycles. The summed E-state index contributed by atoms with van der Waals surface area (Å²) < 4.78 is 18.2. The average molecular weight is 227 g/mol. The number of hydrogen-bond donors (Lipinski definition) is 2. The summed E-state index contributed by atoms with van der Waals surface area (Å²) in [5.74, 6) is -1.13. The Labute approximate surface area is 92.8 Å². The van der Waals surface area contributed by atoms with Crippen LogP contribution in [-0.2, 0) is 4.79 Å². The van der Waals surface area contributed by atoms with E-state index in [-0.39, 0.29) is 6.42 Å². The highest BCUT2D eigenvalue weighted by Crippen LogP contribution is 2.27. The van der Waals surface area contributed by atoms with Crippen molar-refractivity contribution < 1.29 is 19.0 Å². The van der Waals surface area contributed by atoms with E-state index in [0.29, 0.717) is 16.9 Å². The molecule has 1 aromatic carbocycles. The van der Waals surface area contributed by atoms with Crippen molar-refractivity contribution in [3.8, 4) is 5.75 Å². The first-order chi connectivity index (χ1) is 7.45. The summed E-state index contributed by atoms with van der Waals surface area (Å²) in [5.41, 5.74) is 6.81. The minimum absolute atomic E-state index is 0.243. The smallest absolute Gasteiger partial charge is 0.305 e. The van der Waals surface area contributed by atoms with E-state index in [1.54, 1.807) is 6.92 Å². The monoisotopic (exact) mass is 227 g/mol. The Morgan fingerprint density at radius 1 is 1.62 bits per heavy atom. The maximum absolute atomic E-state index is 13.2. The Morgan fingerprint density at radius 3 is 2.75 bits per heavy atom. The summed E-state index contributed by atoms with van der Waals surface area (Å²) in [7, 11) is 1.42. The minimum Gasteiger partial charge on any atom is -0.496 e. The normalized spacial score (nSPS) is 12.2. The summed E-state index contributed by atoms with van der Waals surface area (Å²) in [5, 5.41) is 8.63. The zero-order valence-electron chi connectivity index (χ0n) is 9.16. The predicted octanol–water partition coefficient (Wildman–Crippen LogP) is 1.62. The van der Waals surface area contributed by atoms with E-state index in [4.69, 9.17) is 15.6 Å². The van der Waals surface area contributed by atoms with Gasteiger partial charge < -0.3 is 15.6 Å². The van der Waals surface area contributed by atoms with Crippen molar-refractivity contribution >= 4 is 5.97 Å². The van der Waals surface area contributed by atoms with Crippen molar-refractivity contribution in [1.29, 1.82) is 0 Å². The molecule has 5 heteroatoms. The second-order valence-corrected chi connectivity index (χ2v) is 3.53. The van der Waals surface area contributed by atoms with Crippen molar-refractivity contribution in [3.63, 3.8) is 0 Å². The van der Waals surface area contributed by atoms with Gasteiger partial charge >= 0.3 is 5.97 Å². The highest BCUT2D eigenvalue weighted by molar-refractivity contribution is 5.68.